The molecule has 0 unspecified atom stereocenters. The number of phenolic OH excluding ortho intramolecular Hbond substituents is 2. The third-order valence-electron chi connectivity index (χ3n) is 13.5. The van der Waals surface area contributed by atoms with Gasteiger partial charge in [-0.25, -0.2) is 37.2 Å². The van der Waals surface area contributed by atoms with Crippen LogP contribution in [-0.2, 0) is 111 Å². The smallest absolute Gasteiger partial charge is 0.754 e. The first-order valence-electron chi connectivity index (χ1n) is 27.4. The Kier molecular flexibility index (Phi) is 37.8. The van der Waals surface area contributed by atoms with Gasteiger partial charge in [0.1, 0.15) is 39.7 Å². The predicted molar refractivity (Wildman–Crippen MR) is 316 cm³/mol. The number of phenols is 2. The van der Waals surface area contributed by atoms with Crippen LogP contribution in [0.25, 0.3) is 0 Å². The SMILES string of the molecule is O=C1NC(=O)C(Cc2[c-]cc(S(=O)(=O)[O-])cc2)C(=O)N1.O=C1NC(=O)C(Cc2ccc(C(=O)O)cc2)C(=O)N1.O=C1NC(=O)C(Cc2ccc(C(=O)[O-])cc2)C(=O)N1.O=C1NC(=O)C(Cc2ccc(O)c(O)c2)C(=O)N1.O=C1NC(=O)C(Cc2ccc(S(=O)(=O)[O-])cc2)C(=O)N1.O=S(=O)=O.[Na+].[Na+].[Na+].[Na+]. The van der Waals surface area contributed by atoms with Gasteiger partial charge in [0.05, 0.1) is 26.5 Å². The number of amides is 20. The third kappa shape index (κ3) is 29.3. The maximum absolute atomic E-state index is 11.5. The van der Waals surface area contributed by atoms with Crippen LogP contribution in [0.5, 0.6) is 11.5 Å². The van der Waals surface area contributed by atoms with Crippen LogP contribution in [-0.4, -0.2) is 155 Å². The van der Waals surface area contributed by atoms with E-state index in [2.05, 4.69) is 6.07 Å². The van der Waals surface area contributed by atoms with Crippen molar-refractivity contribution in [2.45, 2.75) is 41.9 Å². The zero-order chi connectivity index (χ0) is 74.7. The van der Waals surface area contributed by atoms with E-state index in [-0.39, 0.29) is 173 Å². The Bertz CT molecular complexity index is 4250. The molecule has 526 valence electrons. The molecule has 5 fully saturated rings. The van der Waals surface area contributed by atoms with Crippen molar-refractivity contribution < 1.29 is 259 Å². The van der Waals surface area contributed by atoms with Gasteiger partial charge in [-0.3, -0.25) is 110 Å². The molecule has 0 aliphatic carbocycles. The van der Waals surface area contributed by atoms with E-state index in [0.717, 1.165) is 24.3 Å². The van der Waals surface area contributed by atoms with Gasteiger partial charge >= 0.3 is 165 Å². The van der Waals surface area contributed by atoms with Crippen molar-refractivity contribution in [2.24, 2.45) is 29.6 Å². The van der Waals surface area contributed by atoms with Crippen molar-refractivity contribution in [2.75, 3.05) is 0 Å². The van der Waals surface area contributed by atoms with E-state index in [0.29, 0.717) is 27.8 Å². The molecule has 0 atom stereocenters. The number of aromatic hydroxyl groups is 2. The second-order valence-electron chi connectivity index (χ2n) is 20.4. The minimum absolute atomic E-state index is 0. The largest absolute Gasteiger partial charge is 1.00 e. The first kappa shape index (κ1) is 93.1. The first-order chi connectivity index (χ1) is 46.7. The number of hydrogen-bond donors (Lipinski definition) is 13. The van der Waals surface area contributed by atoms with Gasteiger partial charge in [0.15, 0.2) is 11.5 Å². The first-order valence-corrected chi connectivity index (χ1v) is 31.2. The Hall–Kier alpha value is -8.87. The van der Waals surface area contributed by atoms with Crippen LogP contribution in [0, 0.1) is 35.7 Å². The average molecular weight is 1540 g/mol. The Morgan fingerprint density at radius 2 is 0.625 bits per heavy atom. The summed E-state index contributed by atoms with van der Waals surface area (Å²) in [5.74, 6) is -15.1. The molecule has 5 heterocycles. The summed E-state index contributed by atoms with van der Waals surface area (Å²) in [6, 6.07) is 21.9. The zero-order valence-corrected chi connectivity index (χ0v) is 64.4. The molecule has 5 aliphatic heterocycles. The van der Waals surface area contributed by atoms with Gasteiger partial charge < -0.3 is 34.3 Å². The molecule has 5 aromatic rings. The van der Waals surface area contributed by atoms with E-state index < -0.39 is 171 Å². The van der Waals surface area contributed by atoms with E-state index in [1.165, 1.54) is 84.9 Å². The van der Waals surface area contributed by atoms with Crippen molar-refractivity contribution in [1.29, 1.82) is 0 Å². The number of carboxylic acids is 2. The molecule has 5 aromatic carbocycles. The molecule has 0 radical (unpaired) electrons. The number of benzene rings is 5. The summed E-state index contributed by atoms with van der Waals surface area (Å²) in [6.07, 6.45) is 0.135. The standard InChI is InChI=1S/2C12H10N2O5.C11H10N2O6S.C11H9N2O6S.C11H10N2O5.4Na.O3S/c2*15-9-8(10(16)14-12(19)13-9)5-6-1-3-7(4-2-6)11(17)18;2*14-9-8(10(15)13-11(16)12-9)5-6-1-3-7(4-2-6)20(17,18)19;14-7-2-1-5(4-8(7)15)3-6-9(16)12-11(18)13-10(6)17;;;;;1-4(2)3/h2*1-4,8H,5H2,(H,17,18)(H2,13,14,15,16,19);1-4,8H,5H2,(H,17,18,19)(H2,12,13,14,15,16);1,3-4,8H,5H2,(H,17,18,19)(H2,12,13,14,15,16);1-2,4,6,14-15H,3H2,(H2,12,13,16,17,18);;;;;/q;;;-1;;4*+1;/p-3. The summed E-state index contributed by atoms with van der Waals surface area (Å²) in [4.78, 5) is 190. The number of barbiturate groups is 5. The fraction of sp³-hybridized carbons (Fsp3) is 0.175. The van der Waals surface area contributed by atoms with Gasteiger partial charge in [-0.05, 0) is 96.3 Å². The van der Waals surface area contributed by atoms with E-state index in [1.807, 2.05) is 53.2 Å². The van der Waals surface area contributed by atoms with Gasteiger partial charge in [0.25, 0.3) is 0 Å². The van der Waals surface area contributed by atoms with Gasteiger partial charge in [0.2, 0.25) is 59.1 Å². The zero-order valence-electron chi connectivity index (χ0n) is 53.9. The van der Waals surface area contributed by atoms with Crippen LogP contribution in [0.2, 0.25) is 0 Å². The van der Waals surface area contributed by atoms with Gasteiger partial charge in [0, 0.05) is 0 Å². The van der Waals surface area contributed by atoms with Gasteiger partial charge in [-0.2, -0.15) is 29.8 Å². The van der Waals surface area contributed by atoms with Crippen molar-refractivity contribution in [3.63, 3.8) is 0 Å². The Morgan fingerprint density at radius 1 is 0.375 bits per heavy atom. The Balaban J connectivity index is 0.000000635. The summed E-state index contributed by atoms with van der Waals surface area (Å²) in [5.41, 5.74) is 2.72. The van der Waals surface area contributed by atoms with Crippen molar-refractivity contribution in [3.8, 4) is 11.5 Å². The van der Waals surface area contributed by atoms with Crippen LogP contribution in [0.4, 0.5) is 24.0 Å². The number of nitrogens with one attached hydrogen (secondary N) is 10. The normalized spacial score (nSPS) is 15.3. The molecule has 0 bridgehead atoms. The van der Waals surface area contributed by atoms with Gasteiger partial charge in [-0.1, -0.05) is 59.5 Å². The number of urea groups is 5. The molecule has 20 amide bonds. The van der Waals surface area contributed by atoms with Crippen LogP contribution in [0.3, 0.4) is 0 Å². The van der Waals surface area contributed by atoms with Crippen LogP contribution < -0.4 is 177 Å². The second-order valence-corrected chi connectivity index (χ2v) is 23.6. The second kappa shape index (κ2) is 42.2. The average Bonchev–Trinajstić information content (AvgIpc) is 0.844. The topological polar surface area (TPSA) is 660 Å². The van der Waals surface area contributed by atoms with Crippen molar-refractivity contribution in [1.82, 2.24) is 53.2 Å². The molecule has 5 saturated heterocycles. The molecule has 5 aliphatic rings. The molecule has 47 heteroatoms. The predicted octanol–water partition coefficient (Wildman–Crippen LogP) is -16.9. The summed E-state index contributed by atoms with van der Waals surface area (Å²) in [5, 5.41) is 57.5. The Morgan fingerprint density at radius 3 is 0.875 bits per heavy atom. The monoisotopic (exact) mass is 1540 g/mol. The van der Waals surface area contributed by atoms with Crippen LogP contribution >= 0.6 is 0 Å². The van der Waals surface area contributed by atoms with Crippen molar-refractivity contribution >= 4 is 132 Å². The molecule has 0 spiro atoms. The number of carbonyl (C=O) groups is 17. The molecule has 10 rings (SSSR count). The van der Waals surface area contributed by atoms with E-state index in [4.69, 9.17) is 22.8 Å². The third-order valence-corrected chi connectivity index (χ3v) is 15.2. The minimum atomic E-state index is -4.57. The Labute approximate surface area is 674 Å². The summed E-state index contributed by atoms with van der Waals surface area (Å²) in [6.45, 7) is 0. The number of carbonyl (C=O) groups excluding carboxylic acids is 16. The summed E-state index contributed by atoms with van der Waals surface area (Å²) in [7, 11) is -12.2. The van der Waals surface area contributed by atoms with E-state index >= 15 is 0 Å². The minimum Gasteiger partial charge on any atom is -0.754 e. The molecule has 13 N–H and O–H groups in total. The fourth-order valence-electron chi connectivity index (χ4n) is 8.61. The maximum atomic E-state index is 11.5. The quantitative estimate of drug-likeness (QED) is 0.0161. The number of aromatic carboxylic acids is 2. The van der Waals surface area contributed by atoms with Crippen LogP contribution in [0.15, 0.2) is 119 Å². The van der Waals surface area contributed by atoms with E-state index in [1.54, 1.807) is 0 Å². The van der Waals surface area contributed by atoms with Crippen molar-refractivity contribution in [3.05, 3.63) is 154 Å². The molecule has 0 saturated carbocycles. The number of carboxylic acid groups (broad SMARTS) is 2. The van der Waals surface area contributed by atoms with Crippen LogP contribution in [0.1, 0.15) is 48.5 Å². The molecule has 40 nitrogen and oxygen atoms in total. The maximum Gasteiger partial charge on any atom is 1.00 e. The number of imide groups is 10. The van der Waals surface area contributed by atoms with Gasteiger partial charge in [-0.15, -0.1) is 12.6 Å². The molecular formula is C57H46N10Na4O30S3. The molecule has 0 aromatic heterocycles. The summed E-state index contributed by atoms with van der Waals surface area (Å²) >= 11 is 0. The number of rotatable bonds is 14. The fourth-order valence-corrected chi connectivity index (χ4v) is 9.51. The summed E-state index contributed by atoms with van der Waals surface area (Å²) < 4.78 is 89.8. The van der Waals surface area contributed by atoms with E-state index in [9.17, 15) is 118 Å². The molecular weight excluding hydrogens is 1490 g/mol. The molecule has 104 heavy (non-hydrogen) atoms. The number of hydrogen-bond acceptors (Lipinski definition) is 29.